The average molecular weight is 313 g/mol. The molecule has 7 heteroatoms. The highest BCUT2D eigenvalue weighted by atomic mass is 19.1. The Labute approximate surface area is 131 Å². The number of hydrogen-bond donors (Lipinski definition) is 1. The van der Waals surface area contributed by atoms with Gasteiger partial charge in [-0.15, -0.1) is 0 Å². The van der Waals surface area contributed by atoms with Crippen molar-refractivity contribution in [2.45, 2.75) is 6.61 Å². The van der Waals surface area contributed by atoms with Crippen LogP contribution in [-0.4, -0.2) is 11.1 Å². The first-order valence-corrected chi connectivity index (χ1v) is 6.56. The summed E-state index contributed by atoms with van der Waals surface area (Å²) in [4.78, 5) is 13.5. The lowest BCUT2D eigenvalue weighted by Gasteiger charge is -2.10. The number of carbonyl (C=O) groups is 1. The van der Waals surface area contributed by atoms with E-state index in [1.807, 2.05) is 30.3 Å². The lowest BCUT2D eigenvalue weighted by molar-refractivity contribution is -0.132. The van der Waals surface area contributed by atoms with E-state index in [9.17, 15) is 9.18 Å². The number of halogens is 1. The van der Waals surface area contributed by atoms with Crippen molar-refractivity contribution in [1.29, 1.82) is 0 Å². The molecule has 0 fully saturated rings. The molecule has 0 aromatic heterocycles. The Kier molecular flexibility index (Phi) is 5.33. The molecule has 0 spiro atoms. The fourth-order valence-corrected chi connectivity index (χ4v) is 1.82. The van der Waals surface area contributed by atoms with Crippen LogP contribution in [0.4, 0.5) is 4.39 Å². The largest absolute Gasteiger partial charge is 0.488 e. The van der Waals surface area contributed by atoms with Gasteiger partial charge in [-0.25, -0.2) is 9.18 Å². The van der Waals surface area contributed by atoms with Gasteiger partial charge in [0, 0.05) is 16.5 Å². The number of carboxylic acids is 1. The van der Waals surface area contributed by atoms with Gasteiger partial charge in [-0.05, 0) is 29.3 Å². The first-order chi connectivity index (χ1) is 11.1. The number of aliphatic carboxylic acids is 1. The van der Waals surface area contributed by atoms with E-state index in [0.717, 1.165) is 23.8 Å². The molecule has 0 radical (unpaired) electrons. The maximum Gasteiger partial charge on any atom is 0.338 e. The SMILES string of the molecule is [N-]=[N+]=NC(=Cc1ccc(F)cc1OCc1ccccc1)C(=O)O. The molecule has 2 rings (SSSR count). The first-order valence-electron chi connectivity index (χ1n) is 6.56. The molecule has 0 saturated heterocycles. The summed E-state index contributed by atoms with van der Waals surface area (Å²) in [6, 6.07) is 12.9. The van der Waals surface area contributed by atoms with Gasteiger partial charge in [0.15, 0.2) is 0 Å². The van der Waals surface area contributed by atoms with Crippen LogP contribution < -0.4 is 4.74 Å². The molecule has 0 unspecified atom stereocenters. The molecule has 116 valence electrons. The molecule has 0 aliphatic rings. The van der Waals surface area contributed by atoms with Crippen molar-refractivity contribution in [2.24, 2.45) is 5.11 Å². The summed E-state index contributed by atoms with van der Waals surface area (Å²) in [5.41, 5.74) is 9.05. The van der Waals surface area contributed by atoms with Gasteiger partial charge in [0.05, 0.1) is 0 Å². The maximum absolute atomic E-state index is 13.4. The summed E-state index contributed by atoms with van der Waals surface area (Å²) in [5.74, 6) is -1.76. The molecule has 23 heavy (non-hydrogen) atoms. The number of azide groups is 1. The lowest BCUT2D eigenvalue weighted by atomic mass is 10.1. The zero-order valence-electron chi connectivity index (χ0n) is 11.9. The van der Waals surface area contributed by atoms with Gasteiger partial charge in [-0.3, -0.25) is 0 Å². The highest BCUT2D eigenvalue weighted by Gasteiger charge is 2.09. The zero-order valence-corrected chi connectivity index (χ0v) is 11.9. The van der Waals surface area contributed by atoms with Gasteiger partial charge in [-0.2, -0.15) is 0 Å². The molecule has 0 saturated carbocycles. The third kappa shape index (κ3) is 4.59. The van der Waals surface area contributed by atoms with E-state index in [1.165, 1.54) is 6.07 Å². The van der Waals surface area contributed by atoms with Crippen molar-refractivity contribution >= 4 is 12.0 Å². The minimum absolute atomic E-state index is 0.153. The van der Waals surface area contributed by atoms with E-state index in [1.54, 1.807) is 0 Å². The van der Waals surface area contributed by atoms with Crippen molar-refractivity contribution in [1.82, 2.24) is 0 Å². The van der Waals surface area contributed by atoms with Crippen molar-refractivity contribution in [3.8, 4) is 5.75 Å². The quantitative estimate of drug-likeness (QED) is 0.376. The molecule has 0 aliphatic carbocycles. The number of ether oxygens (including phenoxy) is 1. The number of carboxylic acid groups (broad SMARTS) is 1. The Morgan fingerprint density at radius 2 is 2.04 bits per heavy atom. The lowest BCUT2D eigenvalue weighted by Crippen LogP contribution is -2.00. The van der Waals surface area contributed by atoms with E-state index < -0.39 is 17.5 Å². The highest BCUT2D eigenvalue weighted by Crippen LogP contribution is 2.24. The molecule has 0 aliphatic heterocycles. The minimum atomic E-state index is -1.39. The predicted molar refractivity (Wildman–Crippen MR) is 81.9 cm³/mol. The Morgan fingerprint density at radius 3 is 2.70 bits per heavy atom. The zero-order chi connectivity index (χ0) is 16.7. The van der Waals surface area contributed by atoms with Crippen LogP contribution >= 0.6 is 0 Å². The number of hydrogen-bond acceptors (Lipinski definition) is 3. The Morgan fingerprint density at radius 1 is 1.30 bits per heavy atom. The van der Waals surface area contributed by atoms with Crippen LogP contribution in [0.1, 0.15) is 11.1 Å². The highest BCUT2D eigenvalue weighted by molar-refractivity contribution is 5.92. The van der Waals surface area contributed by atoms with Crippen LogP contribution in [-0.2, 0) is 11.4 Å². The standard InChI is InChI=1S/C16H12FN3O3/c17-13-7-6-12(8-14(16(21)22)19-20-18)15(9-13)23-10-11-4-2-1-3-5-11/h1-9H,10H2,(H,21,22). The molecule has 6 nitrogen and oxygen atoms in total. The Hall–Kier alpha value is -3.31. The van der Waals surface area contributed by atoms with Gasteiger partial charge < -0.3 is 9.84 Å². The Balaban J connectivity index is 2.31. The molecule has 0 heterocycles. The Bertz CT molecular complexity index is 780. The molecule has 2 aromatic rings. The van der Waals surface area contributed by atoms with Gasteiger partial charge in [0.25, 0.3) is 0 Å². The van der Waals surface area contributed by atoms with E-state index >= 15 is 0 Å². The van der Waals surface area contributed by atoms with Crippen LogP contribution in [0.3, 0.4) is 0 Å². The third-order valence-electron chi connectivity index (χ3n) is 2.88. The molecular formula is C16H12FN3O3. The van der Waals surface area contributed by atoms with Crippen LogP contribution in [0.5, 0.6) is 5.75 Å². The molecule has 0 atom stereocenters. The number of benzene rings is 2. The molecule has 1 N–H and O–H groups in total. The minimum Gasteiger partial charge on any atom is -0.488 e. The number of nitrogens with zero attached hydrogens (tertiary/aromatic N) is 3. The molecule has 0 bridgehead atoms. The van der Waals surface area contributed by atoms with E-state index in [-0.39, 0.29) is 12.4 Å². The second kappa shape index (κ2) is 7.63. The van der Waals surface area contributed by atoms with E-state index in [2.05, 4.69) is 10.0 Å². The maximum atomic E-state index is 13.4. The predicted octanol–water partition coefficient (Wildman–Crippen LogP) is 4.14. The first kappa shape index (κ1) is 16.1. The molecule has 2 aromatic carbocycles. The van der Waals surface area contributed by atoms with Crippen molar-refractivity contribution < 1.29 is 19.0 Å². The average Bonchev–Trinajstić information content (AvgIpc) is 2.55. The van der Waals surface area contributed by atoms with Crippen molar-refractivity contribution in [3.63, 3.8) is 0 Å². The van der Waals surface area contributed by atoms with Crippen molar-refractivity contribution in [2.75, 3.05) is 0 Å². The van der Waals surface area contributed by atoms with Crippen LogP contribution in [0.25, 0.3) is 16.5 Å². The van der Waals surface area contributed by atoms with E-state index in [4.69, 9.17) is 15.4 Å². The summed E-state index contributed by atoms with van der Waals surface area (Å²) < 4.78 is 19.0. The topological polar surface area (TPSA) is 95.3 Å². The summed E-state index contributed by atoms with van der Waals surface area (Å²) in [6.45, 7) is 0.190. The van der Waals surface area contributed by atoms with Gasteiger partial charge in [0.1, 0.15) is 23.9 Å². The van der Waals surface area contributed by atoms with Crippen LogP contribution in [0.15, 0.2) is 59.3 Å². The normalized spacial score (nSPS) is 10.7. The fourth-order valence-electron chi connectivity index (χ4n) is 1.82. The fraction of sp³-hybridized carbons (Fsp3) is 0.0625. The second-order valence-electron chi connectivity index (χ2n) is 4.48. The molecular weight excluding hydrogens is 301 g/mol. The summed E-state index contributed by atoms with van der Waals surface area (Å²) in [7, 11) is 0. The number of rotatable bonds is 6. The second-order valence-corrected chi connectivity index (χ2v) is 4.48. The van der Waals surface area contributed by atoms with Crippen LogP contribution in [0, 0.1) is 5.82 Å². The van der Waals surface area contributed by atoms with Gasteiger partial charge >= 0.3 is 5.97 Å². The monoisotopic (exact) mass is 313 g/mol. The third-order valence-corrected chi connectivity index (χ3v) is 2.88. The van der Waals surface area contributed by atoms with E-state index in [0.29, 0.717) is 5.56 Å². The summed E-state index contributed by atoms with van der Waals surface area (Å²) in [5, 5.41) is 12.1. The summed E-state index contributed by atoms with van der Waals surface area (Å²) >= 11 is 0. The van der Waals surface area contributed by atoms with Gasteiger partial charge in [-0.1, -0.05) is 35.4 Å². The molecule has 0 amide bonds. The van der Waals surface area contributed by atoms with Crippen LogP contribution in [0.2, 0.25) is 0 Å². The summed E-state index contributed by atoms with van der Waals surface area (Å²) in [6.07, 6.45) is 1.13. The smallest absolute Gasteiger partial charge is 0.338 e. The van der Waals surface area contributed by atoms with Crippen molar-refractivity contribution in [3.05, 3.63) is 81.6 Å². The van der Waals surface area contributed by atoms with Gasteiger partial charge in [0.2, 0.25) is 0 Å².